The fourth-order valence-electron chi connectivity index (χ4n) is 5.21. The zero-order valence-electron chi connectivity index (χ0n) is 22.9. The molecule has 1 N–H and O–H groups in total. The number of fused-ring (bicyclic) bond motifs is 2. The number of imidazole rings is 1. The fourth-order valence-corrected chi connectivity index (χ4v) is 5.21. The lowest BCUT2D eigenvalue weighted by atomic mass is 10.3. The van der Waals surface area contributed by atoms with Crippen molar-refractivity contribution >= 4 is 34.6 Å². The zero-order valence-corrected chi connectivity index (χ0v) is 22.9. The molecule has 14 nitrogen and oxygen atoms in total. The maximum atomic E-state index is 13.5. The normalized spacial score (nSPS) is 19.5. The van der Waals surface area contributed by atoms with Gasteiger partial charge in [-0.15, -0.1) is 0 Å². The van der Waals surface area contributed by atoms with Crippen LogP contribution in [0.25, 0.3) is 22.6 Å². The Kier molecular flexibility index (Phi) is 6.42. The Labute approximate surface area is 236 Å². The average molecular weight is 581 g/mol. The van der Waals surface area contributed by atoms with Crippen molar-refractivity contribution in [2.75, 3.05) is 23.3 Å². The number of hydrogen-bond donors (Lipinski definition) is 1. The van der Waals surface area contributed by atoms with Gasteiger partial charge in [0.05, 0.1) is 30.3 Å². The molecule has 3 atom stereocenters. The number of aryl methyl sites for hydroxylation is 1. The van der Waals surface area contributed by atoms with Gasteiger partial charge in [-0.05, 0) is 13.0 Å². The Bertz CT molecular complexity index is 1830. The Morgan fingerprint density at radius 2 is 1.81 bits per heavy atom. The topological polar surface area (TPSA) is 163 Å². The number of nitrogens with zero attached hydrogens (tertiary/aromatic N) is 9. The number of anilines is 2. The third kappa shape index (κ3) is 4.42. The van der Waals surface area contributed by atoms with E-state index in [2.05, 4.69) is 30.2 Å². The number of nitrogens with one attached hydrogen (secondary N) is 1. The van der Waals surface area contributed by atoms with Gasteiger partial charge >= 0.3 is 5.69 Å². The molecule has 2 fully saturated rings. The van der Waals surface area contributed by atoms with Crippen molar-refractivity contribution in [3.63, 3.8) is 0 Å². The highest BCUT2D eigenvalue weighted by molar-refractivity contribution is 5.93. The molecule has 3 unspecified atom stereocenters. The van der Waals surface area contributed by atoms with E-state index in [1.807, 2.05) is 0 Å². The molecule has 1 saturated carbocycles. The van der Waals surface area contributed by atoms with Gasteiger partial charge < -0.3 is 14.8 Å². The van der Waals surface area contributed by atoms with Crippen LogP contribution in [0.1, 0.15) is 26.3 Å². The number of hydrogen-bond acceptors (Lipinski definition) is 10. The summed E-state index contributed by atoms with van der Waals surface area (Å²) in [6.45, 7) is 3.22. The standard InChI is InChI=1S/C26H26F2N10O4/c1-4-15(39)9-37-23(41)19-21(35(3)25(37)42)32-12-38(19)13(2)22(40)34-18-5-6-29-20(33-18)14-7-30-24(31-8-14)36-10-16-17(11-36)26(16,27)28/h5-8,12-13,16-17H,4,9-11H2,1-3H3,(H,29,33,34,40). The smallest absolute Gasteiger partial charge is 0.332 e. The van der Waals surface area contributed by atoms with Crippen molar-refractivity contribution in [1.82, 2.24) is 38.6 Å². The van der Waals surface area contributed by atoms with Gasteiger partial charge in [0, 0.05) is 45.1 Å². The summed E-state index contributed by atoms with van der Waals surface area (Å²) in [5.41, 5.74) is -0.859. The summed E-state index contributed by atoms with van der Waals surface area (Å²) >= 11 is 0. The first-order chi connectivity index (χ1) is 20.0. The first kappa shape index (κ1) is 27.3. The van der Waals surface area contributed by atoms with E-state index in [-0.39, 0.29) is 54.6 Å². The van der Waals surface area contributed by atoms with E-state index in [0.717, 1.165) is 9.13 Å². The van der Waals surface area contributed by atoms with Gasteiger partial charge in [-0.3, -0.25) is 23.5 Å². The van der Waals surface area contributed by atoms with Gasteiger partial charge in [0.15, 0.2) is 22.8 Å². The minimum absolute atomic E-state index is 0.00305. The predicted octanol–water partition coefficient (Wildman–Crippen LogP) is 1.02. The number of piperidine rings is 1. The minimum atomic E-state index is -2.59. The van der Waals surface area contributed by atoms with E-state index >= 15 is 0 Å². The van der Waals surface area contributed by atoms with E-state index < -0.39 is 41.0 Å². The van der Waals surface area contributed by atoms with Crippen LogP contribution in [0.4, 0.5) is 20.5 Å². The first-order valence-electron chi connectivity index (χ1n) is 13.3. The largest absolute Gasteiger partial charge is 0.340 e. The van der Waals surface area contributed by atoms with E-state index in [0.29, 0.717) is 11.5 Å². The van der Waals surface area contributed by atoms with Crippen molar-refractivity contribution in [3.8, 4) is 11.4 Å². The van der Waals surface area contributed by atoms with Crippen LogP contribution in [0.3, 0.4) is 0 Å². The van der Waals surface area contributed by atoms with E-state index in [1.54, 1.807) is 18.7 Å². The van der Waals surface area contributed by atoms with Crippen molar-refractivity contribution in [1.29, 1.82) is 0 Å². The molecule has 42 heavy (non-hydrogen) atoms. The van der Waals surface area contributed by atoms with Gasteiger partial charge in [-0.25, -0.2) is 38.5 Å². The Morgan fingerprint density at radius 1 is 1.12 bits per heavy atom. The van der Waals surface area contributed by atoms with Crippen molar-refractivity contribution < 1.29 is 18.4 Å². The quantitative estimate of drug-likeness (QED) is 0.318. The van der Waals surface area contributed by atoms with Crippen LogP contribution in [0, 0.1) is 11.8 Å². The highest BCUT2D eigenvalue weighted by atomic mass is 19.3. The molecule has 0 radical (unpaired) electrons. The van der Waals surface area contributed by atoms with Crippen LogP contribution in [-0.4, -0.2) is 69.3 Å². The number of rotatable bonds is 8. The number of ketones is 1. The van der Waals surface area contributed by atoms with Crippen LogP contribution < -0.4 is 21.5 Å². The molecule has 1 saturated heterocycles. The van der Waals surface area contributed by atoms with Gasteiger partial charge in [-0.2, -0.15) is 0 Å². The molecule has 6 rings (SSSR count). The molecule has 1 aliphatic carbocycles. The molecular weight excluding hydrogens is 554 g/mol. The molecule has 218 valence electrons. The van der Waals surface area contributed by atoms with Crippen LogP contribution in [0.15, 0.2) is 40.6 Å². The molecule has 0 aromatic carbocycles. The summed E-state index contributed by atoms with van der Waals surface area (Å²) in [6.07, 6.45) is 5.87. The second-order valence-electron chi connectivity index (χ2n) is 10.4. The van der Waals surface area contributed by atoms with Gasteiger partial charge in [0.1, 0.15) is 11.9 Å². The average Bonchev–Trinajstić information content (AvgIpc) is 3.41. The number of alkyl halides is 2. The van der Waals surface area contributed by atoms with E-state index in [1.165, 1.54) is 42.6 Å². The maximum absolute atomic E-state index is 13.5. The molecule has 4 aromatic heterocycles. The lowest BCUT2D eigenvalue weighted by Gasteiger charge is -2.19. The number of Topliss-reactive ketones (excluding diaryl/α,β-unsaturated/α-hetero) is 1. The molecular formula is C26H26F2N10O4. The monoisotopic (exact) mass is 580 g/mol. The maximum Gasteiger partial charge on any atom is 0.332 e. The van der Waals surface area contributed by atoms with Crippen LogP contribution in [0.2, 0.25) is 0 Å². The minimum Gasteiger partial charge on any atom is -0.340 e. The fraction of sp³-hybridized carbons (Fsp3) is 0.423. The summed E-state index contributed by atoms with van der Waals surface area (Å²) < 4.78 is 30.3. The van der Waals surface area contributed by atoms with Crippen LogP contribution >= 0.6 is 0 Å². The Hall–Kier alpha value is -4.89. The first-order valence-corrected chi connectivity index (χ1v) is 13.3. The number of aromatic nitrogens is 8. The lowest BCUT2D eigenvalue weighted by Crippen LogP contribution is -2.41. The zero-order chi connectivity index (χ0) is 29.9. The lowest BCUT2D eigenvalue weighted by molar-refractivity contribution is -0.120. The molecule has 0 spiro atoms. The molecule has 2 aliphatic rings. The third-order valence-electron chi connectivity index (χ3n) is 7.87. The molecule has 4 aromatic rings. The second kappa shape index (κ2) is 9.88. The van der Waals surface area contributed by atoms with Crippen LogP contribution in [0.5, 0.6) is 0 Å². The van der Waals surface area contributed by atoms with E-state index in [4.69, 9.17) is 0 Å². The molecule has 5 heterocycles. The van der Waals surface area contributed by atoms with Gasteiger partial charge in [-0.1, -0.05) is 6.92 Å². The highest BCUT2D eigenvalue weighted by Gasteiger charge is 2.72. The summed E-state index contributed by atoms with van der Waals surface area (Å²) in [4.78, 5) is 74.1. The van der Waals surface area contributed by atoms with Crippen molar-refractivity contribution in [2.24, 2.45) is 18.9 Å². The van der Waals surface area contributed by atoms with Gasteiger partial charge in [0.25, 0.3) is 11.5 Å². The highest BCUT2D eigenvalue weighted by Crippen LogP contribution is 2.59. The second-order valence-corrected chi connectivity index (χ2v) is 10.4. The number of carbonyl (C=O) groups is 2. The number of halogens is 2. The molecule has 1 amide bonds. The molecule has 16 heteroatoms. The Balaban J connectivity index is 1.20. The summed E-state index contributed by atoms with van der Waals surface area (Å²) in [5, 5.41) is 2.69. The SMILES string of the molecule is CCC(=O)Cn1c(=O)c2c(ncn2C(C)C(=O)Nc2ccnc(-c3cnc(N4CC5C(C4)C5(F)F)nc3)n2)n(C)c1=O. The molecule has 1 aliphatic heterocycles. The number of amides is 1. The molecule has 0 bridgehead atoms. The van der Waals surface area contributed by atoms with Crippen molar-refractivity contribution in [3.05, 3.63) is 51.8 Å². The summed E-state index contributed by atoms with van der Waals surface area (Å²) in [7, 11) is 1.43. The van der Waals surface area contributed by atoms with Gasteiger partial charge in [0.2, 0.25) is 11.9 Å². The van der Waals surface area contributed by atoms with Crippen molar-refractivity contribution in [2.45, 2.75) is 38.8 Å². The summed E-state index contributed by atoms with van der Waals surface area (Å²) in [6, 6.07) is 0.537. The Morgan fingerprint density at radius 3 is 2.48 bits per heavy atom. The summed E-state index contributed by atoms with van der Waals surface area (Å²) in [5.74, 6) is -3.95. The third-order valence-corrected chi connectivity index (χ3v) is 7.87. The predicted molar refractivity (Wildman–Crippen MR) is 145 cm³/mol. The van der Waals surface area contributed by atoms with E-state index in [9.17, 15) is 28.0 Å². The van der Waals surface area contributed by atoms with Crippen LogP contribution in [-0.2, 0) is 23.2 Å². The number of carbonyl (C=O) groups excluding carboxylic acids is 2.